The van der Waals surface area contributed by atoms with Crippen LogP contribution in [0, 0.1) is 0 Å². The van der Waals surface area contributed by atoms with Gasteiger partial charge >= 0.3 is 0 Å². The molecule has 1 rings (SSSR count). The lowest BCUT2D eigenvalue weighted by Gasteiger charge is -2.38. The Labute approximate surface area is 109 Å². The fraction of sp³-hybridized carbons (Fsp3) is 0.917. The number of hydrogen-bond donors (Lipinski definition) is 1. The molecule has 0 spiro atoms. The quantitative estimate of drug-likeness (QED) is 0.799. The molecule has 18 heavy (non-hydrogen) atoms. The van der Waals surface area contributed by atoms with Crippen molar-refractivity contribution < 1.29 is 18.3 Å². The third kappa shape index (κ3) is 3.10. The van der Waals surface area contributed by atoms with E-state index in [9.17, 15) is 9.18 Å². The minimum absolute atomic E-state index is 0.00302. The molecule has 2 N–H and O–H groups in total. The zero-order valence-corrected chi connectivity index (χ0v) is 12.9. The van der Waals surface area contributed by atoms with Gasteiger partial charge in [0.1, 0.15) is 6.17 Å². The van der Waals surface area contributed by atoms with Gasteiger partial charge in [0.25, 0.3) is 5.91 Å². The summed E-state index contributed by atoms with van der Waals surface area (Å²) in [6.07, 6.45) is -1.14. The molecule has 0 aromatic rings. The average Bonchev–Trinajstić information content (AvgIpc) is 2.57. The summed E-state index contributed by atoms with van der Waals surface area (Å²) in [6.45, 7) is 10.4. The number of alkyl halides is 1. The van der Waals surface area contributed by atoms with E-state index in [-0.39, 0.29) is 24.7 Å². The second-order valence-corrected chi connectivity index (χ2v) is 11.3. The normalized spacial score (nSPS) is 29.6. The fourth-order valence-corrected chi connectivity index (χ4v) is 2.61. The first-order valence-electron chi connectivity index (χ1n) is 6.22. The molecular formula is C12H24FNO3Si. The first-order chi connectivity index (χ1) is 8.00. The van der Waals surface area contributed by atoms with Crippen LogP contribution in [0.25, 0.3) is 0 Å². The molecule has 1 amide bonds. The zero-order valence-electron chi connectivity index (χ0n) is 11.9. The van der Waals surface area contributed by atoms with Crippen molar-refractivity contribution in [2.75, 3.05) is 13.2 Å². The Morgan fingerprint density at radius 1 is 1.56 bits per heavy atom. The summed E-state index contributed by atoms with van der Waals surface area (Å²) in [5.41, 5.74) is 4.06. The molecule has 0 radical (unpaired) electrons. The monoisotopic (exact) mass is 277 g/mol. The second-order valence-electron chi connectivity index (χ2n) is 6.52. The molecule has 1 fully saturated rings. The third-order valence-electron chi connectivity index (χ3n) is 4.01. The summed E-state index contributed by atoms with van der Waals surface area (Å²) in [4.78, 5) is 11.5. The lowest BCUT2D eigenvalue weighted by atomic mass is 10.0. The van der Waals surface area contributed by atoms with Crippen LogP contribution in [-0.2, 0) is 14.0 Å². The van der Waals surface area contributed by atoms with E-state index in [1.807, 2.05) is 0 Å². The number of amides is 1. The highest BCUT2D eigenvalue weighted by molar-refractivity contribution is 6.74. The maximum Gasteiger partial charge on any atom is 0.252 e. The van der Waals surface area contributed by atoms with Gasteiger partial charge in [-0.2, -0.15) is 0 Å². The highest BCUT2D eigenvalue weighted by Gasteiger charge is 2.48. The summed E-state index contributed by atoms with van der Waals surface area (Å²) < 4.78 is 24.5. The number of nitrogens with two attached hydrogens (primary N) is 1. The molecule has 0 aromatic heterocycles. The van der Waals surface area contributed by atoms with Crippen LogP contribution >= 0.6 is 0 Å². The lowest BCUT2D eigenvalue weighted by Crippen LogP contribution is -2.52. The van der Waals surface area contributed by atoms with Crippen molar-refractivity contribution in [1.82, 2.24) is 0 Å². The van der Waals surface area contributed by atoms with Gasteiger partial charge in [0.05, 0.1) is 13.2 Å². The van der Waals surface area contributed by atoms with Crippen molar-refractivity contribution in [3.05, 3.63) is 0 Å². The van der Waals surface area contributed by atoms with Crippen LogP contribution in [0.5, 0.6) is 0 Å². The molecule has 0 bridgehead atoms. The number of hydrogen-bond acceptors (Lipinski definition) is 3. The minimum atomic E-state index is -2.00. The zero-order chi connectivity index (χ0) is 14.2. The highest BCUT2D eigenvalue weighted by atomic mass is 28.4. The van der Waals surface area contributed by atoms with Gasteiger partial charge in [0, 0.05) is 6.42 Å². The molecule has 6 heteroatoms. The largest absolute Gasteiger partial charge is 0.413 e. The summed E-state index contributed by atoms with van der Waals surface area (Å²) in [7, 11) is -2.00. The van der Waals surface area contributed by atoms with Crippen molar-refractivity contribution in [2.45, 2.75) is 57.1 Å². The number of carbonyl (C=O) groups excluding carboxylic acids is 1. The Bertz CT molecular complexity index is 330. The molecular weight excluding hydrogens is 253 g/mol. The van der Waals surface area contributed by atoms with Gasteiger partial charge in [-0.15, -0.1) is 0 Å². The Morgan fingerprint density at radius 2 is 2.11 bits per heavy atom. The van der Waals surface area contributed by atoms with Gasteiger partial charge in [-0.05, 0) is 18.1 Å². The molecule has 0 aliphatic carbocycles. The van der Waals surface area contributed by atoms with Crippen molar-refractivity contribution in [3.63, 3.8) is 0 Å². The molecule has 1 saturated heterocycles. The van der Waals surface area contributed by atoms with E-state index < -0.39 is 26.0 Å². The van der Waals surface area contributed by atoms with Crippen LogP contribution in [-0.4, -0.2) is 39.2 Å². The smallest absolute Gasteiger partial charge is 0.252 e. The lowest BCUT2D eigenvalue weighted by molar-refractivity contribution is -0.141. The van der Waals surface area contributed by atoms with Crippen LogP contribution in [0.3, 0.4) is 0 Å². The minimum Gasteiger partial charge on any atom is -0.413 e. The van der Waals surface area contributed by atoms with Gasteiger partial charge in [-0.3, -0.25) is 4.79 Å². The maximum absolute atomic E-state index is 13.3. The van der Waals surface area contributed by atoms with Crippen LogP contribution in [0.15, 0.2) is 0 Å². The Kier molecular flexibility index (Phi) is 4.25. The molecule has 0 aromatic carbocycles. The van der Waals surface area contributed by atoms with Crippen molar-refractivity contribution in [1.29, 1.82) is 0 Å². The van der Waals surface area contributed by atoms with E-state index in [1.165, 1.54) is 0 Å². The van der Waals surface area contributed by atoms with Crippen LogP contribution in [0.4, 0.5) is 4.39 Å². The van der Waals surface area contributed by atoms with Crippen molar-refractivity contribution in [2.24, 2.45) is 5.73 Å². The van der Waals surface area contributed by atoms with E-state index in [0.717, 1.165) is 0 Å². The molecule has 4 nitrogen and oxygen atoms in total. The first kappa shape index (κ1) is 15.6. The number of primary amides is 1. The van der Waals surface area contributed by atoms with Gasteiger partial charge in [-0.25, -0.2) is 4.39 Å². The number of carbonyl (C=O) groups is 1. The van der Waals surface area contributed by atoms with Gasteiger partial charge < -0.3 is 14.9 Å². The molecule has 2 atom stereocenters. The van der Waals surface area contributed by atoms with E-state index in [0.29, 0.717) is 0 Å². The van der Waals surface area contributed by atoms with Gasteiger partial charge in [0.2, 0.25) is 0 Å². The second kappa shape index (κ2) is 4.90. The van der Waals surface area contributed by atoms with Gasteiger partial charge in [0.15, 0.2) is 13.9 Å². The van der Waals surface area contributed by atoms with E-state index in [1.54, 1.807) is 0 Å². The average molecular weight is 277 g/mol. The van der Waals surface area contributed by atoms with Crippen LogP contribution in [0.2, 0.25) is 18.1 Å². The molecule has 1 aliphatic rings. The summed E-state index contributed by atoms with van der Waals surface area (Å²) >= 11 is 0. The molecule has 1 aliphatic heterocycles. The molecule has 106 valence electrons. The van der Waals surface area contributed by atoms with Crippen molar-refractivity contribution in [3.8, 4) is 0 Å². The van der Waals surface area contributed by atoms with Crippen molar-refractivity contribution >= 4 is 14.2 Å². The number of rotatable bonds is 4. The van der Waals surface area contributed by atoms with E-state index in [2.05, 4.69) is 33.9 Å². The number of ether oxygens (including phenoxy) is 1. The molecule has 0 saturated carbocycles. The first-order valence-corrected chi connectivity index (χ1v) is 9.13. The van der Waals surface area contributed by atoms with Crippen LogP contribution < -0.4 is 5.73 Å². The predicted molar refractivity (Wildman–Crippen MR) is 70.5 cm³/mol. The van der Waals surface area contributed by atoms with Crippen LogP contribution in [0.1, 0.15) is 27.2 Å². The molecule has 2 unspecified atom stereocenters. The topological polar surface area (TPSA) is 61.5 Å². The molecule has 1 heterocycles. The van der Waals surface area contributed by atoms with Gasteiger partial charge in [-0.1, -0.05) is 20.8 Å². The number of halogens is 1. The van der Waals surface area contributed by atoms with E-state index >= 15 is 0 Å². The van der Waals surface area contributed by atoms with E-state index in [4.69, 9.17) is 14.9 Å². The SMILES string of the molecule is CC(C)(C)[Si](C)(C)OCC1(C(N)=O)CC(F)CO1. The summed E-state index contributed by atoms with van der Waals surface area (Å²) in [5, 5.41) is 0.0273. The summed E-state index contributed by atoms with van der Waals surface area (Å²) in [6, 6.07) is 0. The summed E-state index contributed by atoms with van der Waals surface area (Å²) in [5.74, 6) is -0.638. The Morgan fingerprint density at radius 3 is 2.44 bits per heavy atom. The third-order valence-corrected chi connectivity index (χ3v) is 8.49. The fourth-order valence-electron chi connectivity index (χ4n) is 1.58. The highest BCUT2D eigenvalue weighted by Crippen LogP contribution is 2.38. The Hall–Kier alpha value is -0.463. The maximum atomic E-state index is 13.3. The standard InChI is InChI=1S/C12H24FNO3Si/c1-11(2,3)18(4,5)17-8-12(10(14)15)6-9(13)7-16-12/h9H,6-8H2,1-5H3,(H2,14,15). The Balaban J connectivity index is 2.74. The predicted octanol–water partition coefficient (Wildman–Crippen LogP) is 1.99.